The van der Waals surface area contributed by atoms with Gasteiger partial charge in [-0.2, -0.15) is 0 Å². The van der Waals surface area contributed by atoms with Crippen molar-refractivity contribution in [3.8, 4) is 0 Å². The number of thioether (sulfide) groups is 1. The first kappa shape index (κ1) is 9.79. The highest BCUT2D eigenvalue weighted by atomic mass is 32.2. The topological polar surface area (TPSA) is 84.2 Å². The zero-order valence-electron chi connectivity index (χ0n) is 7.66. The summed E-state index contributed by atoms with van der Waals surface area (Å²) in [5.74, 6) is 0.448. The van der Waals surface area contributed by atoms with Crippen LogP contribution in [0.5, 0.6) is 0 Å². The SMILES string of the molecule is NC1CC(NC(=O)C2CSC(=O)N2)C1. The normalized spacial score (nSPS) is 36.1. The maximum absolute atomic E-state index is 11.5. The van der Waals surface area contributed by atoms with Gasteiger partial charge in [-0.05, 0) is 12.8 Å². The minimum absolute atomic E-state index is 0.0831. The second kappa shape index (κ2) is 3.78. The summed E-state index contributed by atoms with van der Waals surface area (Å²) in [6, 6.07) is 0.0807. The van der Waals surface area contributed by atoms with Crippen LogP contribution in [0.4, 0.5) is 4.79 Å². The molecule has 2 amide bonds. The molecule has 1 saturated heterocycles. The molecule has 1 atom stereocenters. The Morgan fingerprint density at radius 1 is 1.57 bits per heavy atom. The van der Waals surface area contributed by atoms with Crippen LogP contribution < -0.4 is 16.4 Å². The van der Waals surface area contributed by atoms with E-state index in [0.717, 1.165) is 24.6 Å². The lowest BCUT2D eigenvalue weighted by Crippen LogP contribution is -2.54. The second-order valence-corrected chi connectivity index (χ2v) is 4.73. The van der Waals surface area contributed by atoms with Crippen LogP contribution in [0.2, 0.25) is 0 Å². The number of carbonyl (C=O) groups excluding carboxylic acids is 2. The van der Waals surface area contributed by atoms with Crippen molar-refractivity contribution in [2.75, 3.05) is 5.75 Å². The second-order valence-electron chi connectivity index (χ2n) is 3.73. The van der Waals surface area contributed by atoms with E-state index in [1.54, 1.807) is 0 Å². The van der Waals surface area contributed by atoms with E-state index in [1.165, 1.54) is 0 Å². The molecular formula is C8H13N3O2S. The van der Waals surface area contributed by atoms with Gasteiger partial charge in [0.2, 0.25) is 5.91 Å². The number of hydrogen-bond donors (Lipinski definition) is 3. The predicted octanol–water partition coefficient (Wildman–Crippen LogP) is -0.583. The molecule has 1 heterocycles. The Kier molecular flexibility index (Phi) is 2.64. The summed E-state index contributed by atoms with van der Waals surface area (Å²) in [6.45, 7) is 0. The van der Waals surface area contributed by atoms with Crippen molar-refractivity contribution < 1.29 is 9.59 Å². The van der Waals surface area contributed by atoms with Gasteiger partial charge in [-0.15, -0.1) is 0 Å². The molecule has 2 fully saturated rings. The molecule has 1 aliphatic carbocycles. The summed E-state index contributed by atoms with van der Waals surface area (Å²) in [5, 5.41) is 5.35. The molecule has 2 rings (SSSR count). The maximum Gasteiger partial charge on any atom is 0.279 e. The first-order valence-corrected chi connectivity index (χ1v) is 5.63. The van der Waals surface area contributed by atoms with E-state index >= 15 is 0 Å². The molecule has 0 radical (unpaired) electrons. The van der Waals surface area contributed by atoms with E-state index in [-0.39, 0.29) is 29.3 Å². The van der Waals surface area contributed by atoms with Gasteiger partial charge in [0.1, 0.15) is 6.04 Å². The number of amides is 2. The quantitative estimate of drug-likeness (QED) is 0.575. The molecule has 0 bridgehead atoms. The third-order valence-electron chi connectivity index (χ3n) is 2.51. The molecule has 5 nitrogen and oxygen atoms in total. The van der Waals surface area contributed by atoms with Gasteiger partial charge >= 0.3 is 0 Å². The zero-order chi connectivity index (χ0) is 10.1. The van der Waals surface area contributed by atoms with Crippen LogP contribution in [0.3, 0.4) is 0 Å². The number of nitrogens with one attached hydrogen (secondary N) is 2. The maximum atomic E-state index is 11.5. The number of nitrogens with two attached hydrogens (primary N) is 1. The molecule has 14 heavy (non-hydrogen) atoms. The number of carbonyl (C=O) groups is 2. The minimum Gasteiger partial charge on any atom is -0.351 e. The fourth-order valence-electron chi connectivity index (χ4n) is 1.61. The molecule has 78 valence electrons. The lowest BCUT2D eigenvalue weighted by Gasteiger charge is -2.33. The Bertz CT molecular complexity index is 265. The fourth-order valence-corrected chi connectivity index (χ4v) is 2.39. The van der Waals surface area contributed by atoms with Crippen molar-refractivity contribution >= 4 is 22.9 Å². The summed E-state index contributed by atoms with van der Waals surface area (Å²) in [7, 11) is 0. The van der Waals surface area contributed by atoms with Crippen LogP contribution >= 0.6 is 11.8 Å². The van der Waals surface area contributed by atoms with Crippen molar-refractivity contribution in [1.29, 1.82) is 0 Å². The lowest BCUT2D eigenvalue weighted by atomic mass is 9.87. The van der Waals surface area contributed by atoms with Crippen LogP contribution in [-0.2, 0) is 4.79 Å². The summed E-state index contributed by atoms with van der Waals surface area (Å²) in [6.07, 6.45) is 1.69. The average Bonchev–Trinajstić information content (AvgIpc) is 2.49. The Labute approximate surface area is 86.2 Å². The van der Waals surface area contributed by atoms with Crippen LogP contribution in [0.1, 0.15) is 12.8 Å². The Hall–Kier alpha value is -0.750. The van der Waals surface area contributed by atoms with Crippen LogP contribution in [0.15, 0.2) is 0 Å². The van der Waals surface area contributed by atoms with Gasteiger partial charge in [0, 0.05) is 17.8 Å². The van der Waals surface area contributed by atoms with E-state index in [4.69, 9.17) is 5.73 Å². The van der Waals surface area contributed by atoms with Crippen LogP contribution in [0, 0.1) is 0 Å². The third kappa shape index (κ3) is 2.01. The molecule has 4 N–H and O–H groups in total. The Morgan fingerprint density at radius 3 is 2.79 bits per heavy atom. The van der Waals surface area contributed by atoms with E-state index < -0.39 is 0 Å². The van der Waals surface area contributed by atoms with E-state index in [9.17, 15) is 9.59 Å². The van der Waals surface area contributed by atoms with Crippen molar-refractivity contribution in [2.24, 2.45) is 5.73 Å². The van der Waals surface area contributed by atoms with Gasteiger partial charge in [0.15, 0.2) is 0 Å². The molecule has 2 aliphatic rings. The van der Waals surface area contributed by atoms with Gasteiger partial charge in [0.25, 0.3) is 5.24 Å². The average molecular weight is 215 g/mol. The van der Waals surface area contributed by atoms with Crippen LogP contribution in [-0.4, -0.2) is 35.0 Å². The highest BCUT2D eigenvalue weighted by Gasteiger charge is 2.32. The fraction of sp³-hybridized carbons (Fsp3) is 0.750. The summed E-state index contributed by atoms with van der Waals surface area (Å²) >= 11 is 1.15. The molecule has 1 unspecified atom stereocenters. The van der Waals surface area contributed by atoms with Gasteiger partial charge in [0.05, 0.1) is 0 Å². The first-order chi connectivity index (χ1) is 6.65. The predicted molar refractivity (Wildman–Crippen MR) is 53.9 cm³/mol. The van der Waals surface area contributed by atoms with Crippen molar-refractivity contribution in [1.82, 2.24) is 10.6 Å². The summed E-state index contributed by atoms with van der Waals surface area (Å²) in [4.78, 5) is 22.4. The highest BCUT2D eigenvalue weighted by Crippen LogP contribution is 2.18. The van der Waals surface area contributed by atoms with Crippen molar-refractivity contribution in [2.45, 2.75) is 31.0 Å². The smallest absolute Gasteiger partial charge is 0.279 e. The molecular weight excluding hydrogens is 202 g/mol. The van der Waals surface area contributed by atoms with E-state index in [0.29, 0.717) is 5.75 Å². The van der Waals surface area contributed by atoms with Crippen LogP contribution in [0.25, 0.3) is 0 Å². The number of hydrogen-bond acceptors (Lipinski definition) is 4. The third-order valence-corrected chi connectivity index (χ3v) is 3.39. The minimum atomic E-state index is -0.357. The Balaban J connectivity index is 1.76. The molecule has 0 aromatic rings. The van der Waals surface area contributed by atoms with Crippen molar-refractivity contribution in [3.05, 3.63) is 0 Å². The zero-order valence-corrected chi connectivity index (χ0v) is 8.47. The highest BCUT2D eigenvalue weighted by molar-refractivity contribution is 8.14. The molecule has 6 heteroatoms. The number of rotatable bonds is 2. The summed E-state index contributed by atoms with van der Waals surface area (Å²) < 4.78 is 0. The standard InChI is InChI=1S/C8H13N3O2S/c9-4-1-5(2-4)10-7(12)6-3-14-8(13)11-6/h4-6H,1-3,9H2,(H,10,12)(H,11,13). The van der Waals surface area contributed by atoms with Gasteiger partial charge in [-0.3, -0.25) is 9.59 Å². The molecule has 1 aliphatic heterocycles. The first-order valence-electron chi connectivity index (χ1n) is 4.64. The monoisotopic (exact) mass is 215 g/mol. The van der Waals surface area contributed by atoms with Gasteiger partial charge in [-0.1, -0.05) is 11.8 Å². The summed E-state index contributed by atoms with van der Waals surface area (Å²) in [5.41, 5.74) is 5.59. The van der Waals surface area contributed by atoms with E-state index in [2.05, 4.69) is 10.6 Å². The van der Waals surface area contributed by atoms with Gasteiger partial charge < -0.3 is 16.4 Å². The Morgan fingerprint density at radius 2 is 2.29 bits per heavy atom. The molecule has 0 aromatic carbocycles. The lowest BCUT2D eigenvalue weighted by molar-refractivity contribution is -0.123. The molecule has 0 aromatic heterocycles. The largest absolute Gasteiger partial charge is 0.351 e. The van der Waals surface area contributed by atoms with Crippen molar-refractivity contribution in [3.63, 3.8) is 0 Å². The van der Waals surface area contributed by atoms with Gasteiger partial charge in [-0.25, -0.2) is 0 Å². The molecule has 1 saturated carbocycles. The molecule has 0 spiro atoms. The van der Waals surface area contributed by atoms with E-state index in [1.807, 2.05) is 0 Å².